The molecule has 1 rings (SSSR count). The van der Waals surface area contributed by atoms with Crippen LogP contribution in [0.3, 0.4) is 0 Å². The Kier molecular flexibility index (Phi) is 5.46. The van der Waals surface area contributed by atoms with Gasteiger partial charge in [-0.1, -0.05) is 13.0 Å². The summed E-state index contributed by atoms with van der Waals surface area (Å²) < 4.78 is 2.09. The van der Waals surface area contributed by atoms with Crippen LogP contribution in [-0.4, -0.2) is 27.1 Å². The number of imidazole rings is 1. The summed E-state index contributed by atoms with van der Waals surface area (Å²) in [6, 6.07) is 0.440. The maximum absolute atomic E-state index is 4.47. The van der Waals surface area contributed by atoms with Crippen molar-refractivity contribution >= 4 is 17.7 Å². The van der Waals surface area contributed by atoms with Crippen molar-refractivity contribution in [1.82, 2.24) is 9.55 Å². The van der Waals surface area contributed by atoms with Crippen molar-refractivity contribution in [3.8, 4) is 0 Å². The molecule has 1 aromatic heterocycles. The molecule has 0 saturated carbocycles. The fourth-order valence-electron chi connectivity index (χ4n) is 1.50. The van der Waals surface area contributed by atoms with Gasteiger partial charge in [0.05, 0.1) is 5.69 Å². The minimum absolute atomic E-state index is 0.440. The normalized spacial score (nSPS) is 12.4. The predicted octanol–water partition coefficient (Wildman–Crippen LogP) is 2.93. The van der Waals surface area contributed by atoms with Gasteiger partial charge in [-0.05, 0) is 19.6 Å². The predicted molar refractivity (Wildman–Crippen MR) is 73.2 cm³/mol. The molecule has 90 valence electrons. The minimum atomic E-state index is 0.440. The molecule has 4 heteroatoms. The maximum Gasteiger partial charge on any atom is 0.203 e. The first-order valence-electron chi connectivity index (χ1n) is 5.66. The van der Waals surface area contributed by atoms with E-state index in [1.807, 2.05) is 31.0 Å². The first kappa shape index (κ1) is 13.2. The average molecular weight is 239 g/mol. The summed E-state index contributed by atoms with van der Waals surface area (Å²) in [6.07, 6.45) is 3.93. The molecule has 0 aromatic carbocycles. The van der Waals surface area contributed by atoms with Gasteiger partial charge < -0.3 is 9.88 Å². The Hall–Kier alpha value is -0.900. The van der Waals surface area contributed by atoms with Gasteiger partial charge in [-0.3, -0.25) is 0 Å². The zero-order valence-electron chi connectivity index (χ0n) is 10.4. The number of aryl methyl sites for hydroxylation is 1. The van der Waals surface area contributed by atoms with Crippen LogP contribution >= 0.6 is 11.8 Å². The molecule has 16 heavy (non-hydrogen) atoms. The molecule has 0 aliphatic rings. The van der Waals surface area contributed by atoms with Gasteiger partial charge in [-0.15, -0.1) is 6.58 Å². The van der Waals surface area contributed by atoms with Crippen molar-refractivity contribution in [3.05, 3.63) is 24.5 Å². The van der Waals surface area contributed by atoms with E-state index >= 15 is 0 Å². The van der Waals surface area contributed by atoms with Gasteiger partial charge >= 0.3 is 0 Å². The first-order valence-corrected chi connectivity index (χ1v) is 6.81. The van der Waals surface area contributed by atoms with E-state index in [2.05, 4.69) is 35.3 Å². The monoisotopic (exact) mass is 239 g/mol. The van der Waals surface area contributed by atoms with Crippen LogP contribution in [0, 0.1) is 6.92 Å². The second-order valence-electron chi connectivity index (χ2n) is 3.85. The third-order valence-corrected chi connectivity index (χ3v) is 3.31. The van der Waals surface area contributed by atoms with E-state index in [0.717, 1.165) is 29.7 Å². The Morgan fingerprint density at radius 3 is 3.06 bits per heavy atom. The highest BCUT2D eigenvalue weighted by Crippen LogP contribution is 2.12. The topological polar surface area (TPSA) is 29.9 Å². The standard InChI is InChI=1S/C12H21N3S/c1-5-7-15-8-10(3)13-12(15)14-11(4)9-16-6-2/h5,8,11H,1,6-7,9H2,2-4H3,(H,13,14). The van der Waals surface area contributed by atoms with Crippen LogP contribution < -0.4 is 5.32 Å². The summed E-state index contributed by atoms with van der Waals surface area (Å²) in [5.74, 6) is 3.21. The summed E-state index contributed by atoms with van der Waals surface area (Å²) in [4.78, 5) is 4.47. The lowest BCUT2D eigenvalue weighted by atomic mass is 10.4. The zero-order valence-corrected chi connectivity index (χ0v) is 11.2. The largest absolute Gasteiger partial charge is 0.352 e. The van der Waals surface area contributed by atoms with E-state index < -0.39 is 0 Å². The SMILES string of the molecule is C=CCn1cc(C)nc1NC(C)CSCC. The number of nitrogens with zero attached hydrogens (tertiary/aromatic N) is 2. The van der Waals surface area contributed by atoms with Gasteiger partial charge in [-0.2, -0.15) is 11.8 Å². The lowest BCUT2D eigenvalue weighted by Gasteiger charge is -2.14. The van der Waals surface area contributed by atoms with E-state index in [4.69, 9.17) is 0 Å². The highest BCUT2D eigenvalue weighted by molar-refractivity contribution is 7.99. The van der Waals surface area contributed by atoms with Gasteiger partial charge in [0.2, 0.25) is 5.95 Å². The molecule has 1 atom stereocenters. The molecule has 0 bridgehead atoms. The fourth-order valence-corrected chi connectivity index (χ4v) is 2.17. The number of thioether (sulfide) groups is 1. The number of anilines is 1. The molecule has 1 aromatic rings. The lowest BCUT2D eigenvalue weighted by molar-refractivity contribution is 0.793. The second kappa shape index (κ2) is 6.63. The third kappa shape index (κ3) is 3.93. The van der Waals surface area contributed by atoms with E-state index in [0.29, 0.717) is 6.04 Å². The van der Waals surface area contributed by atoms with Crippen LogP contribution in [0.5, 0.6) is 0 Å². The molecule has 0 radical (unpaired) electrons. The van der Waals surface area contributed by atoms with Gasteiger partial charge in [0.15, 0.2) is 0 Å². The second-order valence-corrected chi connectivity index (χ2v) is 5.17. The number of nitrogens with one attached hydrogen (secondary N) is 1. The van der Waals surface area contributed by atoms with E-state index in [-0.39, 0.29) is 0 Å². The molecular formula is C12H21N3S. The van der Waals surface area contributed by atoms with Crippen LogP contribution in [0.4, 0.5) is 5.95 Å². The third-order valence-electron chi connectivity index (χ3n) is 2.17. The Balaban J connectivity index is 2.60. The summed E-state index contributed by atoms with van der Waals surface area (Å²) in [6.45, 7) is 10.9. The summed E-state index contributed by atoms with van der Waals surface area (Å²) in [5, 5.41) is 3.43. The Bertz CT molecular complexity index is 333. The fraction of sp³-hybridized carbons (Fsp3) is 0.583. The van der Waals surface area contributed by atoms with E-state index in [9.17, 15) is 0 Å². The van der Waals surface area contributed by atoms with Crippen LogP contribution in [0.15, 0.2) is 18.9 Å². The summed E-state index contributed by atoms with van der Waals surface area (Å²) >= 11 is 1.94. The van der Waals surface area contributed by atoms with Crippen LogP contribution in [0.2, 0.25) is 0 Å². The lowest BCUT2D eigenvalue weighted by Crippen LogP contribution is -2.20. The molecule has 0 amide bonds. The van der Waals surface area contributed by atoms with Crippen molar-refractivity contribution < 1.29 is 0 Å². The van der Waals surface area contributed by atoms with Crippen LogP contribution in [0.1, 0.15) is 19.5 Å². The van der Waals surface area contributed by atoms with Crippen molar-refractivity contribution in [2.45, 2.75) is 33.4 Å². The van der Waals surface area contributed by atoms with Crippen molar-refractivity contribution in [2.75, 3.05) is 16.8 Å². The van der Waals surface area contributed by atoms with Crippen LogP contribution in [0.25, 0.3) is 0 Å². The molecule has 0 aliphatic heterocycles. The van der Waals surface area contributed by atoms with Gasteiger partial charge in [0.25, 0.3) is 0 Å². The minimum Gasteiger partial charge on any atom is -0.352 e. The molecule has 1 unspecified atom stereocenters. The molecule has 0 fully saturated rings. The van der Waals surface area contributed by atoms with E-state index in [1.54, 1.807) is 0 Å². The maximum atomic E-state index is 4.47. The first-order chi connectivity index (χ1) is 7.67. The summed E-state index contributed by atoms with van der Waals surface area (Å²) in [5.41, 5.74) is 1.04. The number of allylic oxidation sites excluding steroid dienone is 1. The van der Waals surface area contributed by atoms with Crippen molar-refractivity contribution in [1.29, 1.82) is 0 Å². The smallest absolute Gasteiger partial charge is 0.203 e. The number of hydrogen-bond acceptors (Lipinski definition) is 3. The molecule has 1 heterocycles. The Labute approximate surface area is 102 Å². The van der Waals surface area contributed by atoms with E-state index in [1.165, 1.54) is 0 Å². The molecule has 3 nitrogen and oxygen atoms in total. The molecular weight excluding hydrogens is 218 g/mol. The summed E-state index contributed by atoms with van der Waals surface area (Å²) in [7, 11) is 0. The highest BCUT2D eigenvalue weighted by atomic mass is 32.2. The molecule has 0 aliphatic carbocycles. The molecule has 1 N–H and O–H groups in total. The number of rotatable bonds is 7. The molecule has 0 saturated heterocycles. The Morgan fingerprint density at radius 1 is 1.69 bits per heavy atom. The Morgan fingerprint density at radius 2 is 2.44 bits per heavy atom. The quantitative estimate of drug-likeness (QED) is 0.742. The highest BCUT2D eigenvalue weighted by Gasteiger charge is 2.07. The van der Waals surface area contributed by atoms with Crippen molar-refractivity contribution in [2.24, 2.45) is 0 Å². The van der Waals surface area contributed by atoms with Gasteiger partial charge in [-0.25, -0.2) is 4.98 Å². The van der Waals surface area contributed by atoms with Crippen LogP contribution in [-0.2, 0) is 6.54 Å². The zero-order chi connectivity index (χ0) is 12.0. The molecule has 0 spiro atoms. The average Bonchev–Trinajstić information content (AvgIpc) is 2.56. The van der Waals surface area contributed by atoms with Crippen molar-refractivity contribution in [3.63, 3.8) is 0 Å². The number of hydrogen-bond donors (Lipinski definition) is 1. The van der Waals surface area contributed by atoms with Gasteiger partial charge in [0, 0.05) is 24.5 Å². The number of aromatic nitrogens is 2. The van der Waals surface area contributed by atoms with Gasteiger partial charge in [0.1, 0.15) is 0 Å².